The van der Waals surface area contributed by atoms with Gasteiger partial charge in [-0.2, -0.15) is 0 Å². The molecule has 0 spiro atoms. The van der Waals surface area contributed by atoms with Crippen molar-refractivity contribution < 1.29 is 28.7 Å². The molecule has 0 aliphatic carbocycles. The molecule has 1 fully saturated rings. The molecule has 0 unspecified atom stereocenters. The van der Waals surface area contributed by atoms with E-state index in [9.17, 15) is 19.7 Å². The molecule has 0 radical (unpaired) electrons. The number of benzene rings is 2. The normalized spacial score (nSPS) is 16.4. The highest BCUT2D eigenvalue weighted by Crippen LogP contribution is 2.41. The van der Waals surface area contributed by atoms with Crippen molar-refractivity contribution in [3.8, 4) is 17.2 Å². The van der Waals surface area contributed by atoms with Gasteiger partial charge in [0.25, 0.3) is 16.8 Å². The molecule has 4 rings (SSSR count). The number of hydrogen-bond donors (Lipinski definition) is 0. The van der Waals surface area contributed by atoms with Crippen molar-refractivity contribution in [2.24, 2.45) is 0 Å². The molecule has 0 N–H and O–H groups in total. The Hall–Kier alpha value is -3.53. The van der Waals surface area contributed by atoms with E-state index in [1.54, 1.807) is 24.3 Å². The smallest absolute Gasteiger partial charge is 0.293 e. The zero-order valence-electron chi connectivity index (χ0n) is 15.8. The van der Waals surface area contributed by atoms with E-state index in [0.29, 0.717) is 35.0 Å². The number of amides is 2. The molecular formula is C20H16N2O7S. The number of nitro benzene ring substituents is 1. The maximum Gasteiger partial charge on any atom is 0.293 e. The minimum Gasteiger partial charge on any atom is -0.493 e. The summed E-state index contributed by atoms with van der Waals surface area (Å²) in [6.07, 6.45) is 1.57. The third kappa shape index (κ3) is 3.81. The van der Waals surface area contributed by atoms with Crippen molar-refractivity contribution in [1.82, 2.24) is 4.90 Å². The zero-order valence-corrected chi connectivity index (χ0v) is 16.6. The van der Waals surface area contributed by atoms with Crippen LogP contribution in [0.15, 0.2) is 41.3 Å². The minimum atomic E-state index is -0.522. The Balaban J connectivity index is 1.61. The Morgan fingerprint density at radius 3 is 2.73 bits per heavy atom. The predicted octanol–water partition coefficient (Wildman–Crippen LogP) is 3.96. The third-order valence-electron chi connectivity index (χ3n) is 4.43. The number of carbonyl (C=O) groups excluding carboxylic acids is 2. The maximum absolute atomic E-state index is 12.8. The van der Waals surface area contributed by atoms with Crippen molar-refractivity contribution >= 4 is 34.7 Å². The molecule has 0 saturated carbocycles. The number of nitro groups is 1. The number of rotatable bonds is 6. The van der Waals surface area contributed by atoms with E-state index in [1.807, 2.05) is 6.92 Å². The van der Waals surface area contributed by atoms with Gasteiger partial charge in [0.05, 0.1) is 23.0 Å². The Kier molecular flexibility index (Phi) is 5.32. The van der Waals surface area contributed by atoms with Crippen LogP contribution in [0.4, 0.5) is 10.5 Å². The summed E-state index contributed by atoms with van der Waals surface area (Å²) in [5, 5.41) is 10.5. The molecule has 2 aromatic carbocycles. The summed E-state index contributed by atoms with van der Waals surface area (Å²) in [5.74, 6) is 1.11. The molecule has 1 saturated heterocycles. The van der Waals surface area contributed by atoms with Gasteiger partial charge in [0.2, 0.25) is 6.79 Å². The number of hydrogen-bond acceptors (Lipinski definition) is 8. The van der Waals surface area contributed by atoms with Gasteiger partial charge in [-0.1, -0.05) is 12.1 Å². The monoisotopic (exact) mass is 428 g/mol. The van der Waals surface area contributed by atoms with Crippen LogP contribution in [0.2, 0.25) is 0 Å². The lowest BCUT2D eigenvalue weighted by Gasteiger charge is -2.12. The zero-order chi connectivity index (χ0) is 21.3. The van der Waals surface area contributed by atoms with E-state index in [0.717, 1.165) is 16.7 Å². The van der Waals surface area contributed by atoms with Crippen molar-refractivity contribution in [3.63, 3.8) is 0 Å². The van der Waals surface area contributed by atoms with Gasteiger partial charge in [-0.05, 0) is 36.4 Å². The topological polar surface area (TPSA) is 108 Å². The lowest BCUT2D eigenvalue weighted by Crippen LogP contribution is -2.27. The maximum atomic E-state index is 12.8. The second kappa shape index (κ2) is 8.07. The fourth-order valence-corrected chi connectivity index (χ4v) is 3.89. The van der Waals surface area contributed by atoms with Gasteiger partial charge in [0, 0.05) is 23.8 Å². The largest absolute Gasteiger partial charge is 0.493 e. The Morgan fingerprint density at radius 2 is 2.00 bits per heavy atom. The fraction of sp³-hybridized carbons (Fsp3) is 0.200. The van der Waals surface area contributed by atoms with Crippen molar-refractivity contribution in [1.29, 1.82) is 0 Å². The summed E-state index contributed by atoms with van der Waals surface area (Å²) in [7, 11) is 0. The molecule has 0 bridgehead atoms. The molecule has 2 aromatic rings. The quantitative estimate of drug-likeness (QED) is 0.386. The number of imide groups is 1. The first-order valence-electron chi connectivity index (χ1n) is 9.01. The minimum absolute atomic E-state index is 0.0524. The van der Waals surface area contributed by atoms with E-state index in [1.165, 1.54) is 18.2 Å². The molecular weight excluding hydrogens is 412 g/mol. The molecule has 2 heterocycles. The van der Waals surface area contributed by atoms with Crippen LogP contribution in [-0.4, -0.2) is 34.4 Å². The number of nitrogens with zero attached hydrogens (tertiary/aromatic N) is 2. The van der Waals surface area contributed by atoms with Crippen LogP contribution in [0.25, 0.3) is 6.08 Å². The molecule has 2 aliphatic rings. The Bertz CT molecular complexity index is 1080. The SMILES string of the molecule is CCOc1cc2c(cc1/C=C1/SC(=O)N(Cc3cccc([N+](=O)[O-])c3)C1=O)OCO2. The summed E-state index contributed by atoms with van der Waals surface area (Å²) in [6.45, 7) is 2.29. The van der Waals surface area contributed by atoms with Crippen molar-refractivity contribution in [2.45, 2.75) is 13.5 Å². The van der Waals surface area contributed by atoms with Crippen molar-refractivity contribution in [3.05, 3.63) is 62.5 Å². The molecule has 0 aromatic heterocycles. The van der Waals surface area contributed by atoms with Gasteiger partial charge < -0.3 is 14.2 Å². The highest BCUT2D eigenvalue weighted by Gasteiger charge is 2.35. The first-order chi connectivity index (χ1) is 14.5. The van der Waals surface area contributed by atoms with Crippen LogP contribution in [0.1, 0.15) is 18.1 Å². The standard InChI is InChI=1S/C20H16N2O7S/c1-2-27-15-9-17-16(28-11-29-17)7-13(15)8-18-19(23)21(20(24)30-18)10-12-4-3-5-14(6-12)22(25)26/h3-9H,2,10-11H2,1H3/b18-8+. The van der Waals surface area contributed by atoms with Gasteiger partial charge >= 0.3 is 0 Å². The molecule has 2 aliphatic heterocycles. The summed E-state index contributed by atoms with van der Waals surface area (Å²) >= 11 is 0.803. The van der Waals surface area contributed by atoms with Crippen LogP contribution in [0.5, 0.6) is 17.2 Å². The average Bonchev–Trinajstić information content (AvgIpc) is 3.28. The second-order valence-electron chi connectivity index (χ2n) is 6.37. The average molecular weight is 428 g/mol. The van der Waals surface area contributed by atoms with Crippen LogP contribution in [0, 0.1) is 10.1 Å². The van der Waals surface area contributed by atoms with Crippen molar-refractivity contribution in [2.75, 3.05) is 13.4 Å². The second-order valence-corrected chi connectivity index (χ2v) is 7.36. The van der Waals surface area contributed by atoms with Crippen LogP contribution >= 0.6 is 11.8 Å². The van der Waals surface area contributed by atoms with E-state index in [4.69, 9.17) is 14.2 Å². The summed E-state index contributed by atoms with van der Waals surface area (Å²) in [4.78, 5) is 37.0. The summed E-state index contributed by atoms with van der Waals surface area (Å²) in [6, 6.07) is 9.23. The molecule has 154 valence electrons. The Morgan fingerprint density at radius 1 is 1.23 bits per heavy atom. The number of carbonyl (C=O) groups is 2. The van der Waals surface area contributed by atoms with Gasteiger partial charge in [-0.25, -0.2) is 0 Å². The highest BCUT2D eigenvalue weighted by atomic mass is 32.2. The van der Waals surface area contributed by atoms with Gasteiger partial charge in [0.1, 0.15) is 5.75 Å². The molecule has 0 atom stereocenters. The molecule has 2 amide bonds. The van der Waals surface area contributed by atoms with Crippen LogP contribution in [-0.2, 0) is 11.3 Å². The molecule has 30 heavy (non-hydrogen) atoms. The lowest BCUT2D eigenvalue weighted by molar-refractivity contribution is -0.384. The highest BCUT2D eigenvalue weighted by molar-refractivity contribution is 8.18. The summed E-state index contributed by atoms with van der Waals surface area (Å²) in [5.41, 5.74) is 0.976. The lowest BCUT2D eigenvalue weighted by atomic mass is 10.1. The fourth-order valence-electron chi connectivity index (χ4n) is 3.06. The first kappa shape index (κ1) is 19.8. The van der Waals surface area contributed by atoms with Gasteiger partial charge in [0.15, 0.2) is 11.5 Å². The summed E-state index contributed by atoms with van der Waals surface area (Å²) < 4.78 is 16.4. The van der Waals surface area contributed by atoms with Gasteiger partial charge in [-0.15, -0.1) is 0 Å². The van der Waals surface area contributed by atoms with E-state index in [2.05, 4.69) is 0 Å². The van der Waals surface area contributed by atoms with Gasteiger partial charge in [-0.3, -0.25) is 24.6 Å². The van der Waals surface area contributed by atoms with Crippen LogP contribution < -0.4 is 14.2 Å². The first-order valence-corrected chi connectivity index (χ1v) is 9.83. The van der Waals surface area contributed by atoms with E-state index < -0.39 is 16.1 Å². The van der Waals surface area contributed by atoms with E-state index in [-0.39, 0.29) is 23.9 Å². The number of fused-ring (bicyclic) bond motifs is 1. The molecule has 10 heteroatoms. The number of thioether (sulfide) groups is 1. The molecule has 9 nitrogen and oxygen atoms in total. The third-order valence-corrected chi connectivity index (χ3v) is 5.33. The van der Waals surface area contributed by atoms with Crippen LogP contribution in [0.3, 0.4) is 0 Å². The van der Waals surface area contributed by atoms with E-state index >= 15 is 0 Å². The number of ether oxygens (including phenoxy) is 3. The predicted molar refractivity (Wildman–Crippen MR) is 108 cm³/mol. The Labute approximate surface area is 175 Å². The number of non-ortho nitro benzene ring substituents is 1.